The number of hydrogen-bond donors (Lipinski definition) is 0. The Bertz CT molecular complexity index is 537. The topological polar surface area (TPSA) is 57.7 Å². The maximum absolute atomic E-state index is 12.1. The number of carbonyl (C=O) groups excluding carboxylic acids is 3. The van der Waals surface area contributed by atoms with Crippen LogP contribution in [0.5, 0.6) is 0 Å². The average molecular weight is 274 g/mol. The van der Waals surface area contributed by atoms with Crippen molar-refractivity contribution < 1.29 is 14.4 Å². The lowest BCUT2D eigenvalue weighted by Crippen LogP contribution is -2.36. The Balaban J connectivity index is 2.05. The average Bonchev–Trinajstić information content (AvgIpc) is 2.66. The summed E-state index contributed by atoms with van der Waals surface area (Å²) in [6.07, 6.45) is 2.03. The first-order valence-electron chi connectivity index (χ1n) is 6.70. The van der Waals surface area contributed by atoms with Crippen LogP contribution in [0.1, 0.15) is 29.3 Å². The van der Waals surface area contributed by atoms with E-state index in [4.69, 9.17) is 0 Å². The van der Waals surface area contributed by atoms with Gasteiger partial charge in [0.2, 0.25) is 0 Å². The maximum Gasteiger partial charge on any atom is 0.327 e. The number of aryl methyl sites for hydroxylation is 1. The highest BCUT2D eigenvalue weighted by atomic mass is 16.2. The summed E-state index contributed by atoms with van der Waals surface area (Å²) in [6, 6.07) is 6.92. The third-order valence-corrected chi connectivity index (χ3v) is 3.35. The second-order valence-corrected chi connectivity index (χ2v) is 4.99. The van der Waals surface area contributed by atoms with E-state index in [1.807, 2.05) is 12.1 Å². The zero-order valence-electron chi connectivity index (χ0n) is 11.8. The largest absolute Gasteiger partial charge is 0.327 e. The Hall–Kier alpha value is -2.17. The Morgan fingerprint density at radius 2 is 1.85 bits per heavy atom. The molecule has 0 aromatic heterocycles. The van der Waals surface area contributed by atoms with Gasteiger partial charge in [0.15, 0.2) is 5.78 Å². The third kappa shape index (κ3) is 2.87. The molecule has 0 unspecified atom stereocenters. The van der Waals surface area contributed by atoms with E-state index in [0.29, 0.717) is 5.56 Å². The van der Waals surface area contributed by atoms with Crippen molar-refractivity contribution in [2.24, 2.45) is 0 Å². The molecule has 5 nitrogen and oxygen atoms in total. The first-order chi connectivity index (χ1) is 9.52. The van der Waals surface area contributed by atoms with Crippen LogP contribution in [0, 0.1) is 0 Å². The fraction of sp³-hybridized carbons (Fsp3) is 0.400. The van der Waals surface area contributed by atoms with Crippen LogP contribution in [0.3, 0.4) is 0 Å². The van der Waals surface area contributed by atoms with Crippen molar-refractivity contribution in [1.29, 1.82) is 0 Å². The minimum atomic E-state index is -0.411. The molecule has 1 fully saturated rings. The molecule has 0 spiro atoms. The summed E-state index contributed by atoms with van der Waals surface area (Å²) in [6.45, 7) is 1.96. The predicted octanol–water partition coefficient (Wildman–Crippen LogP) is 1.72. The summed E-state index contributed by atoms with van der Waals surface area (Å²) in [5, 5.41) is 0. The molecule has 0 bridgehead atoms. The molecule has 1 aromatic carbocycles. The van der Waals surface area contributed by atoms with Gasteiger partial charge in [0.1, 0.15) is 6.54 Å². The molecule has 20 heavy (non-hydrogen) atoms. The number of carbonyl (C=O) groups is 3. The highest BCUT2D eigenvalue weighted by molar-refractivity contribution is 6.07. The first kappa shape index (κ1) is 14.2. The lowest BCUT2D eigenvalue weighted by Gasteiger charge is -2.13. The molecule has 1 aromatic rings. The number of likely N-dealkylation sites (N-methyl/N-ethyl adjacent to an activating group) is 1. The van der Waals surface area contributed by atoms with Crippen LogP contribution in [0.25, 0.3) is 0 Å². The minimum absolute atomic E-state index is 0.0432. The maximum atomic E-state index is 12.1. The molecule has 5 heteroatoms. The molecule has 0 radical (unpaired) electrons. The Morgan fingerprint density at radius 1 is 1.20 bits per heavy atom. The number of ketones is 1. The van der Waals surface area contributed by atoms with Crippen molar-refractivity contribution in [2.75, 3.05) is 20.1 Å². The third-order valence-electron chi connectivity index (χ3n) is 3.35. The summed E-state index contributed by atoms with van der Waals surface area (Å²) in [5.41, 5.74) is 1.71. The Morgan fingerprint density at radius 3 is 2.35 bits per heavy atom. The number of imide groups is 1. The molecule has 3 amide bonds. The zero-order chi connectivity index (χ0) is 14.7. The number of nitrogens with zero attached hydrogens (tertiary/aromatic N) is 2. The first-order valence-corrected chi connectivity index (χ1v) is 6.70. The van der Waals surface area contributed by atoms with E-state index in [1.165, 1.54) is 10.5 Å². The van der Waals surface area contributed by atoms with Crippen LogP contribution in [-0.2, 0) is 11.2 Å². The fourth-order valence-corrected chi connectivity index (χ4v) is 2.21. The van der Waals surface area contributed by atoms with E-state index in [-0.39, 0.29) is 24.8 Å². The molecule has 1 heterocycles. The second-order valence-electron chi connectivity index (χ2n) is 4.99. The molecular weight excluding hydrogens is 256 g/mol. The number of urea groups is 1. The van der Waals surface area contributed by atoms with Crippen molar-refractivity contribution >= 4 is 17.7 Å². The molecule has 0 saturated carbocycles. The molecule has 0 atom stereocenters. The van der Waals surface area contributed by atoms with E-state index in [1.54, 1.807) is 19.2 Å². The normalized spacial score (nSPS) is 15.1. The number of Topliss-reactive ketones (excluding diaryl/α,β-unsaturated/α-hetero) is 1. The zero-order valence-corrected chi connectivity index (χ0v) is 11.8. The van der Waals surface area contributed by atoms with E-state index in [2.05, 4.69) is 6.92 Å². The van der Waals surface area contributed by atoms with Gasteiger partial charge < -0.3 is 4.90 Å². The smallest absolute Gasteiger partial charge is 0.318 e. The molecule has 1 aliphatic rings. The Kier molecular flexibility index (Phi) is 4.17. The molecular formula is C15H18N2O3. The molecule has 1 aliphatic heterocycles. The lowest BCUT2D eigenvalue weighted by molar-refractivity contribution is -0.125. The van der Waals surface area contributed by atoms with Crippen molar-refractivity contribution in [2.45, 2.75) is 19.8 Å². The fourth-order valence-electron chi connectivity index (χ4n) is 2.21. The van der Waals surface area contributed by atoms with Crippen LogP contribution < -0.4 is 0 Å². The van der Waals surface area contributed by atoms with Gasteiger partial charge in [-0.05, 0) is 12.0 Å². The van der Waals surface area contributed by atoms with Gasteiger partial charge in [-0.25, -0.2) is 4.79 Å². The SMILES string of the molecule is CCCc1ccc(C(=O)CN2C(=O)CN(C)C2=O)cc1. The summed E-state index contributed by atoms with van der Waals surface area (Å²) in [5.74, 6) is -0.543. The highest BCUT2D eigenvalue weighted by Gasteiger charge is 2.34. The van der Waals surface area contributed by atoms with Gasteiger partial charge in [0.25, 0.3) is 5.91 Å². The summed E-state index contributed by atoms with van der Waals surface area (Å²) >= 11 is 0. The van der Waals surface area contributed by atoms with Crippen LogP contribution >= 0.6 is 0 Å². The van der Waals surface area contributed by atoms with Crippen molar-refractivity contribution in [3.8, 4) is 0 Å². The van der Waals surface area contributed by atoms with Crippen LogP contribution in [0.4, 0.5) is 4.79 Å². The second kappa shape index (κ2) is 5.86. The molecule has 1 saturated heterocycles. The summed E-state index contributed by atoms with van der Waals surface area (Å²) in [7, 11) is 1.55. The van der Waals surface area contributed by atoms with Crippen LogP contribution in [0.15, 0.2) is 24.3 Å². The van der Waals surface area contributed by atoms with Gasteiger partial charge in [0, 0.05) is 12.6 Å². The van der Waals surface area contributed by atoms with Gasteiger partial charge in [-0.1, -0.05) is 37.6 Å². The summed E-state index contributed by atoms with van der Waals surface area (Å²) < 4.78 is 0. The van der Waals surface area contributed by atoms with Crippen molar-refractivity contribution in [3.63, 3.8) is 0 Å². The van der Waals surface area contributed by atoms with Gasteiger partial charge >= 0.3 is 6.03 Å². The number of rotatable bonds is 5. The van der Waals surface area contributed by atoms with Crippen LogP contribution in [-0.4, -0.2) is 47.7 Å². The van der Waals surface area contributed by atoms with Gasteiger partial charge in [-0.2, -0.15) is 0 Å². The standard InChI is InChI=1S/C15H18N2O3/c1-3-4-11-5-7-12(8-6-11)13(18)9-17-14(19)10-16(2)15(17)20/h5-8H,3-4,9-10H2,1-2H3. The van der Waals surface area contributed by atoms with Crippen LogP contribution in [0.2, 0.25) is 0 Å². The predicted molar refractivity (Wildman–Crippen MR) is 74.5 cm³/mol. The van der Waals surface area contributed by atoms with Gasteiger partial charge in [0.05, 0.1) is 6.54 Å². The van der Waals surface area contributed by atoms with Crippen molar-refractivity contribution in [1.82, 2.24) is 9.80 Å². The lowest BCUT2D eigenvalue weighted by atomic mass is 10.1. The summed E-state index contributed by atoms with van der Waals surface area (Å²) in [4.78, 5) is 37.7. The van der Waals surface area contributed by atoms with E-state index < -0.39 is 6.03 Å². The molecule has 0 aliphatic carbocycles. The molecule has 106 valence electrons. The molecule has 2 rings (SSSR count). The van der Waals surface area contributed by atoms with Crippen molar-refractivity contribution in [3.05, 3.63) is 35.4 Å². The van der Waals surface area contributed by atoms with E-state index >= 15 is 0 Å². The van der Waals surface area contributed by atoms with Gasteiger partial charge in [-0.15, -0.1) is 0 Å². The highest BCUT2D eigenvalue weighted by Crippen LogP contribution is 2.11. The monoisotopic (exact) mass is 274 g/mol. The number of hydrogen-bond acceptors (Lipinski definition) is 3. The van der Waals surface area contributed by atoms with E-state index in [0.717, 1.165) is 17.7 Å². The quantitative estimate of drug-likeness (QED) is 0.606. The van der Waals surface area contributed by atoms with Gasteiger partial charge in [-0.3, -0.25) is 14.5 Å². The van der Waals surface area contributed by atoms with E-state index in [9.17, 15) is 14.4 Å². The Labute approximate surface area is 118 Å². The minimum Gasteiger partial charge on any atom is -0.318 e. The number of amides is 3. The molecule has 0 N–H and O–H groups in total. The number of benzene rings is 1.